The average Bonchev–Trinajstić information content (AvgIpc) is 2.53. The fourth-order valence-corrected chi connectivity index (χ4v) is 2.03. The summed E-state index contributed by atoms with van der Waals surface area (Å²) in [5, 5.41) is 11.6. The fraction of sp³-hybridized carbons (Fsp3) is 0.438. The van der Waals surface area contributed by atoms with Crippen LogP contribution in [-0.2, 0) is 25.5 Å². The number of hydrogen-bond acceptors (Lipinski definition) is 6. The van der Waals surface area contributed by atoms with Gasteiger partial charge in [-0.05, 0) is 24.6 Å². The zero-order valence-corrected chi connectivity index (χ0v) is 13.8. The van der Waals surface area contributed by atoms with E-state index in [0.29, 0.717) is 17.1 Å². The van der Waals surface area contributed by atoms with Crippen LogP contribution in [0.25, 0.3) is 0 Å². The molecule has 1 aromatic carbocycles. The van der Waals surface area contributed by atoms with Crippen LogP contribution in [0.3, 0.4) is 0 Å². The molecule has 1 unspecified atom stereocenters. The number of carboxylic acid groups (broad SMARTS) is 1. The molecule has 0 aromatic heterocycles. The lowest BCUT2D eigenvalue weighted by Crippen LogP contribution is -2.43. The van der Waals surface area contributed by atoms with Gasteiger partial charge < -0.3 is 24.6 Å². The fourth-order valence-electron chi connectivity index (χ4n) is 2.03. The van der Waals surface area contributed by atoms with Gasteiger partial charge in [-0.3, -0.25) is 9.59 Å². The Balaban J connectivity index is 2.78. The minimum absolute atomic E-state index is 0.0320. The van der Waals surface area contributed by atoms with Crippen molar-refractivity contribution >= 4 is 17.8 Å². The number of carboxylic acids is 1. The molecule has 0 aliphatic heterocycles. The Hall–Kier alpha value is -2.77. The Morgan fingerprint density at radius 1 is 1.17 bits per heavy atom. The normalized spacial score (nSPS) is 11.3. The first-order valence-electron chi connectivity index (χ1n) is 7.29. The van der Waals surface area contributed by atoms with Crippen molar-refractivity contribution in [1.29, 1.82) is 0 Å². The van der Waals surface area contributed by atoms with Crippen molar-refractivity contribution in [3.63, 3.8) is 0 Å². The van der Waals surface area contributed by atoms with Crippen molar-refractivity contribution in [2.45, 2.75) is 25.8 Å². The van der Waals surface area contributed by atoms with E-state index in [-0.39, 0.29) is 13.0 Å². The standard InChI is InChI=1S/C16H21NO7/c1-4-24-15(19)9-14(18)17-11(16(20)21)7-10-5-6-12(22-2)13(8-10)23-3/h5-6,8,11H,4,7,9H2,1-3H3,(H,17,18)(H,20,21). The second kappa shape index (κ2) is 9.39. The lowest BCUT2D eigenvalue weighted by Gasteiger charge is -2.15. The summed E-state index contributed by atoms with van der Waals surface area (Å²) in [6.45, 7) is 1.77. The summed E-state index contributed by atoms with van der Waals surface area (Å²) < 4.78 is 14.9. The first-order chi connectivity index (χ1) is 11.4. The molecular formula is C16H21NO7. The molecule has 8 heteroatoms. The minimum atomic E-state index is -1.21. The van der Waals surface area contributed by atoms with Gasteiger partial charge in [0.1, 0.15) is 12.5 Å². The number of carbonyl (C=O) groups excluding carboxylic acids is 2. The molecule has 1 aromatic rings. The van der Waals surface area contributed by atoms with Gasteiger partial charge in [0.2, 0.25) is 5.91 Å². The van der Waals surface area contributed by atoms with Crippen LogP contribution in [0.15, 0.2) is 18.2 Å². The van der Waals surface area contributed by atoms with E-state index in [9.17, 15) is 19.5 Å². The molecule has 0 bridgehead atoms. The predicted octanol–water partition coefficient (Wildman–Crippen LogP) is 0.769. The number of benzene rings is 1. The molecule has 0 aliphatic rings. The zero-order chi connectivity index (χ0) is 18.1. The van der Waals surface area contributed by atoms with E-state index in [1.165, 1.54) is 14.2 Å². The van der Waals surface area contributed by atoms with Gasteiger partial charge in [-0.1, -0.05) is 6.07 Å². The molecule has 0 radical (unpaired) electrons. The van der Waals surface area contributed by atoms with Gasteiger partial charge in [0, 0.05) is 6.42 Å². The molecule has 1 atom stereocenters. The summed E-state index contributed by atoms with van der Waals surface area (Å²) in [6, 6.07) is 3.78. The quantitative estimate of drug-likeness (QED) is 0.505. The maximum absolute atomic E-state index is 11.7. The molecular weight excluding hydrogens is 318 g/mol. The summed E-state index contributed by atoms with van der Waals surface area (Å²) in [4.78, 5) is 34.3. The van der Waals surface area contributed by atoms with Crippen molar-refractivity contribution in [2.24, 2.45) is 0 Å². The monoisotopic (exact) mass is 339 g/mol. The Morgan fingerprint density at radius 2 is 1.83 bits per heavy atom. The van der Waals surface area contributed by atoms with Crippen LogP contribution in [0.5, 0.6) is 11.5 Å². The first-order valence-corrected chi connectivity index (χ1v) is 7.29. The van der Waals surface area contributed by atoms with Crippen molar-refractivity contribution in [3.05, 3.63) is 23.8 Å². The highest BCUT2D eigenvalue weighted by molar-refractivity contribution is 5.96. The topological polar surface area (TPSA) is 111 Å². The number of nitrogens with one attached hydrogen (secondary N) is 1. The minimum Gasteiger partial charge on any atom is -0.493 e. The summed E-state index contributed by atoms with van der Waals surface area (Å²) >= 11 is 0. The van der Waals surface area contributed by atoms with Gasteiger partial charge in [-0.2, -0.15) is 0 Å². The van der Waals surface area contributed by atoms with E-state index in [0.717, 1.165) is 0 Å². The van der Waals surface area contributed by atoms with Crippen molar-refractivity contribution in [2.75, 3.05) is 20.8 Å². The Labute approximate surface area is 139 Å². The molecule has 0 spiro atoms. The largest absolute Gasteiger partial charge is 0.493 e. The Bertz CT molecular complexity index is 600. The third kappa shape index (κ3) is 5.79. The number of aliphatic carboxylic acids is 1. The van der Waals surface area contributed by atoms with Crippen LogP contribution in [0.1, 0.15) is 18.9 Å². The van der Waals surface area contributed by atoms with Crippen molar-refractivity contribution in [1.82, 2.24) is 5.32 Å². The Morgan fingerprint density at radius 3 is 2.38 bits per heavy atom. The summed E-state index contributed by atoms with van der Waals surface area (Å²) in [7, 11) is 2.96. The molecule has 0 saturated carbocycles. The number of hydrogen-bond donors (Lipinski definition) is 2. The van der Waals surface area contributed by atoms with Crippen molar-refractivity contribution in [3.8, 4) is 11.5 Å². The van der Waals surface area contributed by atoms with Crippen LogP contribution in [-0.4, -0.2) is 49.8 Å². The lowest BCUT2D eigenvalue weighted by atomic mass is 10.0. The van der Waals surface area contributed by atoms with Crippen LogP contribution < -0.4 is 14.8 Å². The molecule has 1 rings (SSSR count). The molecule has 132 valence electrons. The SMILES string of the molecule is CCOC(=O)CC(=O)NC(Cc1ccc(OC)c(OC)c1)C(=O)O. The number of amides is 1. The van der Waals surface area contributed by atoms with E-state index in [1.54, 1.807) is 25.1 Å². The average molecular weight is 339 g/mol. The number of methoxy groups -OCH3 is 2. The highest BCUT2D eigenvalue weighted by Crippen LogP contribution is 2.28. The molecule has 24 heavy (non-hydrogen) atoms. The van der Waals surface area contributed by atoms with Gasteiger partial charge in [0.25, 0.3) is 0 Å². The molecule has 0 fully saturated rings. The molecule has 8 nitrogen and oxygen atoms in total. The highest BCUT2D eigenvalue weighted by Gasteiger charge is 2.22. The van der Waals surface area contributed by atoms with Gasteiger partial charge in [0.05, 0.1) is 20.8 Å². The zero-order valence-electron chi connectivity index (χ0n) is 13.8. The molecule has 0 aliphatic carbocycles. The maximum atomic E-state index is 11.7. The molecule has 0 heterocycles. The Kier molecular flexibility index (Phi) is 7.54. The van der Waals surface area contributed by atoms with Gasteiger partial charge in [0.15, 0.2) is 11.5 Å². The van der Waals surface area contributed by atoms with Crippen molar-refractivity contribution < 1.29 is 33.7 Å². The molecule has 2 N–H and O–H groups in total. The summed E-state index contributed by atoms with van der Waals surface area (Å²) in [5.41, 5.74) is 0.636. The number of carbonyl (C=O) groups is 3. The highest BCUT2D eigenvalue weighted by atomic mass is 16.5. The molecule has 0 saturated heterocycles. The number of rotatable bonds is 9. The smallest absolute Gasteiger partial charge is 0.326 e. The van der Waals surface area contributed by atoms with E-state index >= 15 is 0 Å². The number of ether oxygens (including phenoxy) is 3. The van der Waals surface area contributed by atoms with Gasteiger partial charge >= 0.3 is 11.9 Å². The third-order valence-electron chi connectivity index (χ3n) is 3.13. The van der Waals surface area contributed by atoms with E-state index in [4.69, 9.17) is 9.47 Å². The van der Waals surface area contributed by atoms with Crippen LogP contribution in [0.4, 0.5) is 0 Å². The second-order valence-corrected chi connectivity index (χ2v) is 4.83. The maximum Gasteiger partial charge on any atom is 0.326 e. The van der Waals surface area contributed by atoms with E-state index in [1.807, 2.05) is 0 Å². The lowest BCUT2D eigenvalue weighted by molar-refractivity contribution is -0.148. The summed E-state index contributed by atoms with van der Waals surface area (Å²) in [6.07, 6.45) is -0.492. The van der Waals surface area contributed by atoms with Crippen LogP contribution in [0.2, 0.25) is 0 Å². The summed E-state index contributed by atoms with van der Waals surface area (Å²) in [5.74, 6) is -1.65. The molecule has 1 amide bonds. The van der Waals surface area contributed by atoms with Crippen LogP contribution in [0, 0.1) is 0 Å². The number of esters is 1. The first kappa shape index (κ1) is 19.3. The van der Waals surface area contributed by atoms with Gasteiger partial charge in [-0.15, -0.1) is 0 Å². The third-order valence-corrected chi connectivity index (χ3v) is 3.13. The predicted molar refractivity (Wildman–Crippen MR) is 84.1 cm³/mol. The van der Waals surface area contributed by atoms with E-state index in [2.05, 4.69) is 10.1 Å². The van der Waals surface area contributed by atoms with Gasteiger partial charge in [-0.25, -0.2) is 4.79 Å². The van der Waals surface area contributed by atoms with E-state index < -0.39 is 30.3 Å². The van der Waals surface area contributed by atoms with Crippen LogP contribution >= 0.6 is 0 Å². The second-order valence-electron chi connectivity index (χ2n) is 4.83.